The van der Waals surface area contributed by atoms with Gasteiger partial charge in [-0.1, -0.05) is 42.5 Å². The van der Waals surface area contributed by atoms with Crippen molar-refractivity contribution in [1.29, 1.82) is 0 Å². The number of hydrogen-bond acceptors (Lipinski definition) is 5. The lowest BCUT2D eigenvalue weighted by molar-refractivity contribution is -0.163. The minimum atomic E-state index is -0.992. The van der Waals surface area contributed by atoms with E-state index in [-0.39, 0.29) is 40.4 Å². The van der Waals surface area contributed by atoms with Gasteiger partial charge in [0.1, 0.15) is 11.4 Å². The van der Waals surface area contributed by atoms with Crippen molar-refractivity contribution in [3.8, 4) is 0 Å². The Balaban J connectivity index is 1.56. The van der Waals surface area contributed by atoms with Gasteiger partial charge in [0.2, 0.25) is 0 Å². The van der Waals surface area contributed by atoms with E-state index in [1.165, 1.54) is 18.2 Å². The Bertz CT molecular complexity index is 1090. The lowest BCUT2D eigenvalue weighted by atomic mass is 9.55. The molecule has 1 saturated heterocycles. The summed E-state index contributed by atoms with van der Waals surface area (Å²) < 4.78 is 11.8. The number of allylic oxidation sites excluding steroid dienone is 1. The van der Waals surface area contributed by atoms with Gasteiger partial charge in [-0.3, -0.25) is 14.4 Å². The van der Waals surface area contributed by atoms with Crippen LogP contribution in [0.15, 0.2) is 42.5 Å². The van der Waals surface area contributed by atoms with Crippen LogP contribution in [0, 0.1) is 34.5 Å². The number of methoxy groups -OCH3 is 1. The van der Waals surface area contributed by atoms with Gasteiger partial charge in [0.15, 0.2) is 0 Å². The second kappa shape index (κ2) is 6.37. The Morgan fingerprint density at radius 1 is 1.15 bits per heavy atom. The zero-order valence-electron chi connectivity index (χ0n) is 19.7. The first-order chi connectivity index (χ1) is 15.7. The van der Waals surface area contributed by atoms with Crippen molar-refractivity contribution >= 4 is 17.7 Å². The van der Waals surface area contributed by atoms with E-state index in [4.69, 9.17) is 9.47 Å². The van der Waals surface area contributed by atoms with Crippen LogP contribution in [0.4, 0.5) is 0 Å². The van der Waals surface area contributed by atoms with Crippen molar-refractivity contribution in [3.63, 3.8) is 0 Å². The van der Waals surface area contributed by atoms with E-state index in [0.29, 0.717) is 12.8 Å². The Hall–Kier alpha value is -2.43. The fourth-order valence-electron chi connectivity index (χ4n) is 9.64. The third-order valence-corrected chi connectivity index (χ3v) is 10.7. The van der Waals surface area contributed by atoms with E-state index < -0.39 is 22.9 Å². The van der Waals surface area contributed by atoms with Crippen molar-refractivity contribution in [1.82, 2.24) is 0 Å². The molecular formula is C28H32O5. The van der Waals surface area contributed by atoms with Gasteiger partial charge >= 0.3 is 11.9 Å². The quantitative estimate of drug-likeness (QED) is 0.507. The normalized spacial score (nSPS) is 47.0. The third-order valence-electron chi connectivity index (χ3n) is 10.7. The largest absolute Gasteiger partial charge is 0.469 e. The van der Waals surface area contributed by atoms with Crippen molar-refractivity contribution in [2.75, 3.05) is 7.11 Å². The second-order valence-electron chi connectivity index (χ2n) is 11.5. The fourth-order valence-corrected chi connectivity index (χ4v) is 9.64. The van der Waals surface area contributed by atoms with E-state index in [0.717, 1.165) is 25.7 Å². The highest BCUT2D eigenvalue weighted by Crippen LogP contribution is 2.80. The van der Waals surface area contributed by atoms with E-state index in [1.54, 1.807) is 6.92 Å². The monoisotopic (exact) mass is 448 g/mol. The van der Waals surface area contributed by atoms with Crippen molar-refractivity contribution in [3.05, 3.63) is 48.0 Å². The highest BCUT2D eigenvalue weighted by atomic mass is 16.6. The predicted molar refractivity (Wildman–Crippen MR) is 121 cm³/mol. The number of fused-ring (bicyclic) bond motifs is 1. The molecule has 5 nitrogen and oxygen atoms in total. The number of rotatable bonds is 3. The summed E-state index contributed by atoms with van der Waals surface area (Å²) in [5, 5.41) is 0. The number of ketones is 1. The van der Waals surface area contributed by atoms with Crippen molar-refractivity contribution in [2.24, 2.45) is 34.5 Å². The Morgan fingerprint density at radius 3 is 2.55 bits per heavy atom. The molecule has 0 radical (unpaired) electrons. The van der Waals surface area contributed by atoms with Crippen LogP contribution in [0.5, 0.6) is 0 Å². The van der Waals surface area contributed by atoms with Crippen LogP contribution in [0.2, 0.25) is 0 Å². The molecule has 0 unspecified atom stereocenters. The molecule has 4 saturated carbocycles. The molecule has 1 spiro atoms. The predicted octanol–water partition coefficient (Wildman–Crippen LogP) is 4.39. The van der Waals surface area contributed by atoms with Crippen LogP contribution in [0.3, 0.4) is 0 Å². The number of carbonyl (C=O) groups excluding carboxylic acids is 3. The first kappa shape index (κ1) is 21.1. The molecule has 1 heterocycles. The Labute approximate surface area is 194 Å². The Morgan fingerprint density at radius 2 is 1.88 bits per heavy atom. The third kappa shape index (κ3) is 2.18. The number of hydrogen-bond donors (Lipinski definition) is 0. The lowest BCUT2D eigenvalue weighted by Gasteiger charge is -2.47. The van der Waals surface area contributed by atoms with Gasteiger partial charge in [0, 0.05) is 23.2 Å². The van der Waals surface area contributed by atoms with Gasteiger partial charge < -0.3 is 9.47 Å². The van der Waals surface area contributed by atoms with Gasteiger partial charge in [-0.2, -0.15) is 0 Å². The average molecular weight is 449 g/mol. The summed E-state index contributed by atoms with van der Waals surface area (Å²) in [4.78, 5) is 39.7. The minimum Gasteiger partial charge on any atom is -0.469 e. The molecule has 5 heteroatoms. The van der Waals surface area contributed by atoms with Crippen LogP contribution in [0.25, 0.3) is 0 Å². The van der Waals surface area contributed by atoms with Crippen LogP contribution in [-0.4, -0.2) is 30.4 Å². The van der Waals surface area contributed by atoms with Crippen molar-refractivity contribution in [2.45, 2.75) is 63.4 Å². The average Bonchev–Trinajstić information content (AvgIpc) is 3.23. The summed E-state index contributed by atoms with van der Waals surface area (Å²) in [6.07, 6.45) is 4.67. The van der Waals surface area contributed by atoms with E-state index in [1.807, 2.05) is 13.0 Å². The summed E-state index contributed by atoms with van der Waals surface area (Å²) >= 11 is 0. The minimum absolute atomic E-state index is 0.00963. The number of carbonyl (C=O) groups is 3. The molecule has 1 aromatic carbocycles. The summed E-state index contributed by atoms with van der Waals surface area (Å²) in [5.41, 5.74) is 0.222. The molecule has 33 heavy (non-hydrogen) atoms. The summed E-state index contributed by atoms with van der Waals surface area (Å²) in [7, 11) is 1.44. The molecule has 6 rings (SSSR count). The first-order valence-corrected chi connectivity index (χ1v) is 12.2. The fraction of sp³-hybridized carbons (Fsp3) is 0.607. The first-order valence-electron chi connectivity index (χ1n) is 12.2. The van der Waals surface area contributed by atoms with Crippen LogP contribution in [0.1, 0.15) is 57.9 Å². The molecule has 4 bridgehead atoms. The standard InChI is InChI=1S/C28H32O5/c1-16-14-27-15-26(16,18-8-6-5-7-9-18)12-11-20(27)28-13-10-19(17(2)29)25(3,24(31)33-28)22(28)21(27)23(30)32-4/h5-9,19-22H,1,10-15H2,2-4H3/t19-,20-,21-,22-,25+,26+,27+,28-/m1/s1. The molecule has 5 fully saturated rings. The zero-order valence-corrected chi connectivity index (χ0v) is 19.7. The second-order valence-corrected chi connectivity index (χ2v) is 11.5. The molecule has 4 aliphatic carbocycles. The highest BCUT2D eigenvalue weighted by Gasteiger charge is 2.84. The van der Waals surface area contributed by atoms with E-state index >= 15 is 0 Å². The summed E-state index contributed by atoms with van der Waals surface area (Å²) in [6, 6.07) is 10.5. The molecule has 1 aromatic rings. The number of Topliss-reactive ketones (excluding diaryl/α,β-unsaturated/α-hetero) is 1. The zero-order chi connectivity index (χ0) is 23.4. The number of benzene rings is 1. The van der Waals surface area contributed by atoms with Crippen LogP contribution in [-0.2, 0) is 29.3 Å². The molecule has 8 atom stereocenters. The van der Waals surface area contributed by atoms with E-state index in [2.05, 4.69) is 30.8 Å². The van der Waals surface area contributed by atoms with Gasteiger partial charge in [-0.25, -0.2) is 0 Å². The van der Waals surface area contributed by atoms with Crippen molar-refractivity contribution < 1.29 is 23.9 Å². The van der Waals surface area contributed by atoms with Crippen LogP contribution < -0.4 is 0 Å². The van der Waals surface area contributed by atoms with Gasteiger partial charge in [0.25, 0.3) is 0 Å². The molecule has 0 aromatic heterocycles. The SMILES string of the molecule is C=C1C[C@]23C[C@@]1(c1ccccc1)CC[C@H]2[C@@]12CC[C@H](C(C)=O)[C@](C)(C(=O)O1)[C@H]2[C@@H]3C(=O)OC. The molecular weight excluding hydrogens is 416 g/mol. The maximum absolute atomic E-state index is 13.6. The van der Waals surface area contributed by atoms with E-state index in [9.17, 15) is 14.4 Å². The maximum atomic E-state index is 13.6. The highest BCUT2D eigenvalue weighted by molar-refractivity contribution is 5.92. The topological polar surface area (TPSA) is 69.7 Å². The van der Waals surface area contributed by atoms with Crippen LogP contribution >= 0.6 is 0 Å². The molecule has 1 aliphatic heterocycles. The molecule has 0 N–H and O–H groups in total. The molecule has 0 amide bonds. The number of ether oxygens (including phenoxy) is 2. The summed E-state index contributed by atoms with van der Waals surface area (Å²) in [6.45, 7) is 8.01. The van der Waals surface area contributed by atoms with Gasteiger partial charge in [-0.15, -0.1) is 0 Å². The van der Waals surface area contributed by atoms with Gasteiger partial charge in [0.05, 0.1) is 18.4 Å². The van der Waals surface area contributed by atoms with Gasteiger partial charge in [-0.05, 0) is 63.4 Å². The summed E-state index contributed by atoms with van der Waals surface area (Å²) in [5.74, 6) is -1.71. The molecule has 174 valence electrons. The lowest BCUT2D eigenvalue weighted by Crippen LogP contribution is -2.52. The maximum Gasteiger partial charge on any atom is 0.313 e. The molecule has 5 aliphatic rings. The number of esters is 2. The smallest absolute Gasteiger partial charge is 0.313 e. The Kier molecular flexibility index (Phi) is 4.08.